The van der Waals surface area contributed by atoms with E-state index in [1.165, 1.54) is 13.8 Å². The van der Waals surface area contributed by atoms with Crippen molar-refractivity contribution in [2.24, 2.45) is 5.73 Å². The van der Waals surface area contributed by atoms with Crippen molar-refractivity contribution in [3.8, 4) is 0 Å². The Morgan fingerprint density at radius 1 is 1.35 bits per heavy atom. The second-order valence-electron chi connectivity index (χ2n) is 4.90. The van der Waals surface area contributed by atoms with Gasteiger partial charge < -0.3 is 15.7 Å². The highest BCUT2D eigenvalue weighted by atomic mass is 32.2. The Balaban J connectivity index is 6.45. The fourth-order valence-corrected chi connectivity index (χ4v) is 3.21. The van der Waals surface area contributed by atoms with E-state index in [1.807, 2.05) is 0 Å². The summed E-state index contributed by atoms with van der Waals surface area (Å²) in [6.45, 7) is 4.53. The number of carbonyl (C=O) groups is 1. The molecule has 0 rings (SSSR count). The van der Waals surface area contributed by atoms with E-state index < -0.39 is 27.0 Å². The fourth-order valence-electron chi connectivity index (χ4n) is 2.28. The van der Waals surface area contributed by atoms with E-state index in [4.69, 9.17) is 5.73 Å². The normalized spacial score (nSPS) is 18.4. The van der Waals surface area contributed by atoms with Crippen LogP contribution in [0.4, 0.5) is 0 Å². The lowest BCUT2D eigenvalue weighted by Gasteiger charge is -2.36. The van der Waals surface area contributed by atoms with Crippen LogP contribution in [0.2, 0.25) is 0 Å². The molecule has 0 aliphatic heterocycles. The van der Waals surface area contributed by atoms with Gasteiger partial charge in [0.2, 0.25) is 10.8 Å². The van der Waals surface area contributed by atoms with Crippen molar-refractivity contribution < 1.29 is 22.9 Å². The molecule has 0 bridgehead atoms. The number of nitrogens with two attached hydrogens (primary N) is 1. The molecule has 0 aliphatic carbocycles. The summed E-state index contributed by atoms with van der Waals surface area (Å²) in [6, 6.07) is -0.547. The summed E-state index contributed by atoms with van der Waals surface area (Å²) >= 11 is 0. The van der Waals surface area contributed by atoms with Crippen LogP contribution in [0.1, 0.15) is 33.6 Å². The van der Waals surface area contributed by atoms with Crippen LogP contribution in [0.15, 0.2) is 11.1 Å². The molecule has 0 aromatic heterocycles. The first-order valence-electron chi connectivity index (χ1n) is 6.30. The molecule has 2 unspecified atom stereocenters. The number of hydrogen-bond donors (Lipinski definition) is 3. The zero-order chi connectivity index (χ0) is 16.3. The smallest absolute Gasteiger partial charge is 0.299 e. The van der Waals surface area contributed by atoms with Gasteiger partial charge in [-0.2, -0.15) is 8.42 Å². The molecule has 118 valence electrons. The molecular formula is C12H24N2O5S. The highest BCUT2D eigenvalue weighted by Crippen LogP contribution is 2.34. The average Bonchev–Trinajstić information content (AvgIpc) is 2.31. The second kappa shape index (κ2) is 6.66. The molecule has 0 spiro atoms. The Kier molecular flexibility index (Phi) is 6.34. The standard InChI is InChI=1S/C12H24N2O5S/c1-6-9(14(4)5)10(8(3)11(13)15)12(16,7-2)20(17,18)19/h9,16H,6-7H2,1-5H3,(H2,13,15)(H,17,18,19). The highest BCUT2D eigenvalue weighted by molar-refractivity contribution is 7.87. The molecule has 1 amide bonds. The molecule has 0 aromatic rings. The van der Waals surface area contributed by atoms with Gasteiger partial charge in [0, 0.05) is 17.2 Å². The number of primary amides is 1. The Morgan fingerprint density at radius 2 is 1.80 bits per heavy atom. The maximum absolute atomic E-state index is 11.6. The van der Waals surface area contributed by atoms with Crippen LogP contribution in [0.3, 0.4) is 0 Å². The van der Waals surface area contributed by atoms with Crippen molar-refractivity contribution in [3.05, 3.63) is 11.1 Å². The monoisotopic (exact) mass is 308 g/mol. The maximum atomic E-state index is 11.6. The summed E-state index contributed by atoms with van der Waals surface area (Å²) in [5, 5.41) is 10.5. The summed E-state index contributed by atoms with van der Waals surface area (Å²) in [5.41, 5.74) is 5.08. The van der Waals surface area contributed by atoms with Gasteiger partial charge in [0.1, 0.15) is 0 Å². The molecule has 0 aromatic carbocycles. The van der Waals surface area contributed by atoms with Gasteiger partial charge in [-0.25, -0.2) is 0 Å². The number of nitrogens with zero attached hydrogens (tertiary/aromatic N) is 1. The average molecular weight is 308 g/mol. The van der Waals surface area contributed by atoms with Gasteiger partial charge in [0.25, 0.3) is 10.1 Å². The van der Waals surface area contributed by atoms with Crippen LogP contribution in [-0.2, 0) is 14.9 Å². The molecule has 2 atom stereocenters. The molecule has 0 radical (unpaired) electrons. The zero-order valence-electron chi connectivity index (χ0n) is 12.5. The van der Waals surface area contributed by atoms with Gasteiger partial charge in [-0.15, -0.1) is 0 Å². The third-order valence-corrected chi connectivity index (χ3v) is 4.81. The fraction of sp³-hybridized carbons (Fsp3) is 0.750. The minimum Gasteiger partial charge on any atom is -0.369 e. The number of hydrogen-bond acceptors (Lipinski definition) is 5. The van der Waals surface area contributed by atoms with Gasteiger partial charge in [0.15, 0.2) is 0 Å². The van der Waals surface area contributed by atoms with Crippen molar-refractivity contribution >= 4 is 16.0 Å². The lowest BCUT2D eigenvalue weighted by Crippen LogP contribution is -2.48. The van der Waals surface area contributed by atoms with Crippen LogP contribution in [0.5, 0.6) is 0 Å². The quantitative estimate of drug-likeness (QED) is 0.453. The SMILES string of the molecule is CCC(C(=C(C)C(N)=O)C(O)(CC)S(=O)(=O)O)N(C)C. The summed E-state index contributed by atoms with van der Waals surface area (Å²) in [6.07, 6.45) is 0.140. The minimum atomic E-state index is -4.82. The van der Waals surface area contributed by atoms with Gasteiger partial charge in [-0.1, -0.05) is 13.8 Å². The van der Waals surface area contributed by atoms with Crippen molar-refractivity contribution in [1.29, 1.82) is 0 Å². The van der Waals surface area contributed by atoms with E-state index in [-0.39, 0.29) is 17.6 Å². The molecule has 0 saturated heterocycles. The van der Waals surface area contributed by atoms with Gasteiger partial charge in [-0.3, -0.25) is 9.35 Å². The number of likely N-dealkylation sites (N-methyl/N-ethyl adjacent to an activating group) is 1. The van der Waals surface area contributed by atoms with Gasteiger partial charge in [0.05, 0.1) is 0 Å². The largest absolute Gasteiger partial charge is 0.369 e. The van der Waals surface area contributed by atoms with Crippen molar-refractivity contribution in [3.63, 3.8) is 0 Å². The number of carbonyl (C=O) groups excluding carboxylic acids is 1. The van der Waals surface area contributed by atoms with Crippen LogP contribution in [-0.4, -0.2) is 54.0 Å². The molecular weight excluding hydrogens is 284 g/mol. The molecule has 4 N–H and O–H groups in total. The van der Waals surface area contributed by atoms with E-state index in [0.29, 0.717) is 6.42 Å². The lowest BCUT2D eigenvalue weighted by atomic mass is 9.91. The molecule has 0 saturated carbocycles. The van der Waals surface area contributed by atoms with Crippen molar-refractivity contribution in [1.82, 2.24) is 4.90 Å². The Morgan fingerprint density at radius 3 is 2.00 bits per heavy atom. The molecule has 7 nitrogen and oxygen atoms in total. The van der Waals surface area contributed by atoms with Gasteiger partial charge >= 0.3 is 0 Å². The summed E-state index contributed by atoms with van der Waals surface area (Å²) < 4.78 is 32.6. The summed E-state index contributed by atoms with van der Waals surface area (Å²) in [4.78, 5) is 10.6. The summed E-state index contributed by atoms with van der Waals surface area (Å²) in [7, 11) is -1.45. The van der Waals surface area contributed by atoms with E-state index in [1.54, 1.807) is 25.9 Å². The molecule has 0 heterocycles. The van der Waals surface area contributed by atoms with Crippen LogP contribution in [0.25, 0.3) is 0 Å². The highest BCUT2D eigenvalue weighted by Gasteiger charge is 2.47. The third-order valence-electron chi connectivity index (χ3n) is 3.44. The molecule has 0 fully saturated rings. The first-order valence-corrected chi connectivity index (χ1v) is 7.74. The Labute approximate surface area is 120 Å². The third kappa shape index (κ3) is 3.57. The first-order chi connectivity index (χ1) is 8.93. The number of amides is 1. The van der Waals surface area contributed by atoms with Crippen LogP contribution < -0.4 is 5.73 Å². The van der Waals surface area contributed by atoms with Crippen LogP contribution in [0, 0.1) is 0 Å². The van der Waals surface area contributed by atoms with E-state index in [0.717, 1.165) is 0 Å². The lowest BCUT2D eigenvalue weighted by molar-refractivity contribution is -0.114. The predicted molar refractivity (Wildman–Crippen MR) is 76.4 cm³/mol. The Bertz CT molecular complexity index is 498. The number of aliphatic hydroxyl groups is 1. The minimum absolute atomic E-state index is 0.0625. The molecule has 8 heteroatoms. The maximum Gasteiger partial charge on any atom is 0.299 e. The van der Waals surface area contributed by atoms with Crippen LogP contribution >= 0.6 is 0 Å². The molecule has 20 heavy (non-hydrogen) atoms. The van der Waals surface area contributed by atoms with E-state index in [2.05, 4.69) is 0 Å². The van der Waals surface area contributed by atoms with E-state index >= 15 is 0 Å². The first kappa shape index (κ1) is 19.0. The van der Waals surface area contributed by atoms with E-state index in [9.17, 15) is 22.9 Å². The summed E-state index contributed by atoms with van der Waals surface area (Å²) in [5.74, 6) is -0.837. The Hall–Kier alpha value is -0.960. The zero-order valence-corrected chi connectivity index (χ0v) is 13.4. The number of rotatable bonds is 7. The van der Waals surface area contributed by atoms with Gasteiger partial charge in [-0.05, 0) is 33.9 Å². The molecule has 0 aliphatic rings. The van der Waals surface area contributed by atoms with Crippen molar-refractivity contribution in [2.75, 3.05) is 14.1 Å². The topological polar surface area (TPSA) is 121 Å². The second-order valence-corrected chi connectivity index (χ2v) is 6.53. The van der Waals surface area contributed by atoms with Crippen molar-refractivity contribution in [2.45, 2.75) is 44.6 Å². The predicted octanol–water partition coefficient (Wildman–Crippen LogP) is 0.115.